The maximum Gasteiger partial charge on any atom is 0.229 e. The van der Waals surface area contributed by atoms with Gasteiger partial charge in [0, 0.05) is 12.6 Å². The van der Waals surface area contributed by atoms with Gasteiger partial charge in [0.15, 0.2) is 5.13 Å². The van der Waals surface area contributed by atoms with Crippen LogP contribution in [0.4, 0.5) is 5.13 Å². The summed E-state index contributed by atoms with van der Waals surface area (Å²) in [4.78, 5) is 24.2. The first-order valence-electron chi connectivity index (χ1n) is 10.0. The number of fused-ring (bicyclic) bond motifs is 1. The molecular weight excluding hydrogens is 394 g/mol. The van der Waals surface area contributed by atoms with Crippen LogP contribution in [0, 0.1) is 0 Å². The first kappa shape index (κ1) is 20.0. The molecule has 4 aromatic rings. The van der Waals surface area contributed by atoms with Gasteiger partial charge in [-0.25, -0.2) is 4.98 Å². The molecule has 0 aliphatic heterocycles. The second kappa shape index (κ2) is 9.50. The average Bonchev–Trinajstić information content (AvgIpc) is 3.22. The Bertz CT molecular complexity index is 1110. The summed E-state index contributed by atoms with van der Waals surface area (Å²) in [5, 5.41) is 0.667. The highest BCUT2D eigenvalue weighted by molar-refractivity contribution is 7.22. The van der Waals surface area contributed by atoms with Gasteiger partial charge in [-0.2, -0.15) is 0 Å². The Morgan fingerprint density at radius 1 is 1.03 bits per heavy atom. The molecule has 0 aliphatic rings. The third kappa shape index (κ3) is 4.66. The van der Waals surface area contributed by atoms with Crippen LogP contribution in [-0.4, -0.2) is 22.5 Å². The van der Waals surface area contributed by atoms with Crippen LogP contribution >= 0.6 is 11.3 Å². The number of hydrogen-bond acceptors (Lipinski definition) is 5. The van der Waals surface area contributed by atoms with Crippen LogP contribution < -0.4 is 9.64 Å². The predicted octanol–water partition coefficient (Wildman–Crippen LogP) is 5.26. The zero-order valence-corrected chi connectivity index (χ0v) is 17.6. The molecule has 0 aliphatic carbocycles. The van der Waals surface area contributed by atoms with E-state index in [2.05, 4.69) is 4.98 Å². The highest BCUT2D eigenvalue weighted by Gasteiger charge is 2.21. The maximum atomic E-state index is 13.2. The lowest BCUT2D eigenvalue weighted by Crippen LogP contribution is -2.30. The largest absolute Gasteiger partial charge is 0.492 e. The Morgan fingerprint density at radius 2 is 1.87 bits per heavy atom. The molecule has 2 aromatic heterocycles. The first-order valence-corrected chi connectivity index (χ1v) is 10.8. The summed E-state index contributed by atoms with van der Waals surface area (Å²) >= 11 is 1.50. The van der Waals surface area contributed by atoms with Crippen LogP contribution in [0.25, 0.3) is 10.2 Å². The van der Waals surface area contributed by atoms with Crippen molar-refractivity contribution < 1.29 is 9.53 Å². The standard InChI is InChI=1S/C24H23N3O2S/c1-2-29-20-12-8-13-21-23(20)26-24(30-21)27(17-19-11-6-7-16-25-19)22(28)15-14-18-9-4-3-5-10-18/h3-13,16H,2,14-15,17H2,1H3. The zero-order chi connectivity index (χ0) is 20.8. The van der Waals surface area contributed by atoms with Gasteiger partial charge in [0.05, 0.1) is 23.5 Å². The minimum absolute atomic E-state index is 0.0292. The minimum atomic E-state index is 0.0292. The number of carbonyl (C=O) groups is 1. The van der Waals surface area contributed by atoms with E-state index >= 15 is 0 Å². The molecule has 6 heteroatoms. The molecule has 0 radical (unpaired) electrons. The fourth-order valence-electron chi connectivity index (χ4n) is 3.25. The van der Waals surface area contributed by atoms with Gasteiger partial charge < -0.3 is 4.74 Å². The molecule has 1 amide bonds. The van der Waals surface area contributed by atoms with Gasteiger partial charge in [0.1, 0.15) is 11.3 Å². The van der Waals surface area contributed by atoms with Crippen LogP contribution in [0.2, 0.25) is 0 Å². The van der Waals surface area contributed by atoms with Crippen LogP contribution in [0.5, 0.6) is 5.75 Å². The fourth-order valence-corrected chi connectivity index (χ4v) is 4.25. The molecule has 0 saturated heterocycles. The topological polar surface area (TPSA) is 55.3 Å². The van der Waals surface area contributed by atoms with Crippen molar-refractivity contribution in [1.29, 1.82) is 0 Å². The van der Waals surface area contributed by atoms with Crippen molar-refractivity contribution in [3.05, 3.63) is 84.2 Å². The van der Waals surface area contributed by atoms with Crippen LogP contribution in [0.1, 0.15) is 24.6 Å². The second-order valence-electron chi connectivity index (χ2n) is 6.82. The number of ether oxygens (including phenoxy) is 1. The summed E-state index contributed by atoms with van der Waals surface area (Å²) in [6.45, 7) is 2.91. The molecule has 0 bridgehead atoms. The Morgan fingerprint density at radius 3 is 2.63 bits per heavy atom. The van der Waals surface area contributed by atoms with E-state index in [1.165, 1.54) is 11.3 Å². The summed E-state index contributed by atoms with van der Waals surface area (Å²) in [6.07, 6.45) is 2.84. The molecular formula is C24H23N3O2S. The number of hydrogen-bond donors (Lipinski definition) is 0. The monoisotopic (exact) mass is 417 g/mol. The van der Waals surface area contributed by atoms with Crippen molar-refractivity contribution in [2.75, 3.05) is 11.5 Å². The number of amides is 1. The van der Waals surface area contributed by atoms with Crippen molar-refractivity contribution in [2.45, 2.75) is 26.3 Å². The summed E-state index contributed by atoms with van der Waals surface area (Å²) in [5.74, 6) is 0.772. The zero-order valence-electron chi connectivity index (χ0n) is 16.8. The summed E-state index contributed by atoms with van der Waals surface area (Å²) in [7, 11) is 0. The predicted molar refractivity (Wildman–Crippen MR) is 121 cm³/mol. The highest BCUT2D eigenvalue weighted by atomic mass is 32.1. The molecule has 30 heavy (non-hydrogen) atoms. The maximum absolute atomic E-state index is 13.2. The number of aromatic nitrogens is 2. The Balaban J connectivity index is 1.63. The summed E-state index contributed by atoms with van der Waals surface area (Å²) in [5.41, 5.74) is 2.77. The van der Waals surface area contributed by atoms with E-state index in [4.69, 9.17) is 9.72 Å². The van der Waals surface area contributed by atoms with Crippen LogP contribution in [-0.2, 0) is 17.8 Å². The van der Waals surface area contributed by atoms with E-state index in [-0.39, 0.29) is 5.91 Å². The molecule has 0 fully saturated rings. The number of pyridine rings is 1. The Hall–Kier alpha value is -3.25. The van der Waals surface area contributed by atoms with Gasteiger partial charge >= 0.3 is 0 Å². The van der Waals surface area contributed by atoms with Gasteiger partial charge in [-0.15, -0.1) is 0 Å². The van der Waals surface area contributed by atoms with Crippen molar-refractivity contribution in [3.63, 3.8) is 0 Å². The van der Waals surface area contributed by atoms with Gasteiger partial charge in [0.2, 0.25) is 5.91 Å². The molecule has 0 unspecified atom stereocenters. The van der Waals surface area contributed by atoms with E-state index in [0.29, 0.717) is 31.1 Å². The molecule has 0 N–H and O–H groups in total. The van der Waals surface area contributed by atoms with Gasteiger partial charge in [0.25, 0.3) is 0 Å². The van der Waals surface area contributed by atoms with Crippen molar-refractivity contribution in [3.8, 4) is 5.75 Å². The second-order valence-corrected chi connectivity index (χ2v) is 7.83. The molecule has 2 aromatic carbocycles. The summed E-state index contributed by atoms with van der Waals surface area (Å²) in [6, 6.07) is 21.7. The number of thiazole rings is 1. The number of aryl methyl sites for hydroxylation is 1. The SMILES string of the molecule is CCOc1cccc2sc(N(Cc3ccccn3)C(=O)CCc3ccccc3)nc12. The lowest BCUT2D eigenvalue weighted by molar-refractivity contribution is -0.118. The molecule has 2 heterocycles. The molecule has 0 atom stereocenters. The van der Waals surface area contributed by atoms with Gasteiger partial charge in [-0.05, 0) is 43.2 Å². The van der Waals surface area contributed by atoms with Crippen LogP contribution in [0.3, 0.4) is 0 Å². The lowest BCUT2D eigenvalue weighted by atomic mass is 10.1. The van der Waals surface area contributed by atoms with E-state index in [1.807, 2.05) is 73.7 Å². The van der Waals surface area contributed by atoms with Crippen molar-refractivity contribution in [1.82, 2.24) is 9.97 Å². The molecule has 0 saturated carbocycles. The molecule has 0 spiro atoms. The lowest BCUT2D eigenvalue weighted by Gasteiger charge is -2.19. The van der Waals surface area contributed by atoms with Gasteiger partial charge in [-0.1, -0.05) is 53.8 Å². The number of benzene rings is 2. The Kier molecular flexibility index (Phi) is 6.35. The quantitative estimate of drug-likeness (QED) is 0.393. The molecule has 5 nitrogen and oxygen atoms in total. The third-order valence-electron chi connectivity index (χ3n) is 4.72. The van der Waals surface area contributed by atoms with E-state index < -0.39 is 0 Å². The number of para-hydroxylation sites is 1. The third-order valence-corrected chi connectivity index (χ3v) is 5.76. The van der Waals surface area contributed by atoms with E-state index in [1.54, 1.807) is 11.1 Å². The van der Waals surface area contributed by atoms with E-state index in [0.717, 1.165) is 27.2 Å². The smallest absolute Gasteiger partial charge is 0.229 e. The first-order chi connectivity index (χ1) is 14.7. The van der Waals surface area contributed by atoms with Gasteiger partial charge in [-0.3, -0.25) is 14.7 Å². The number of rotatable bonds is 8. The normalized spacial score (nSPS) is 10.8. The number of carbonyl (C=O) groups excluding carboxylic acids is 1. The molecule has 152 valence electrons. The summed E-state index contributed by atoms with van der Waals surface area (Å²) < 4.78 is 6.72. The van der Waals surface area contributed by atoms with Crippen molar-refractivity contribution >= 4 is 32.6 Å². The average molecular weight is 418 g/mol. The minimum Gasteiger partial charge on any atom is -0.492 e. The van der Waals surface area contributed by atoms with Crippen molar-refractivity contribution in [2.24, 2.45) is 0 Å². The van der Waals surface area contributed by atoms with E-state index in [9.17, 15) is 4.79 Å². The Labute approximate surface area is 180 Å². The molecule has 4 rings (SSSR count). The number of nitrogens with zero attached hydrogens (tertiary/aromatic N) is 3. The highest BCUT2D eigenvalue weighted by Crippen LogP contribution is 2.35. The fraction of sp³-hybridized carbons (Fsp3) is 0.208. The van der Waals surface area contributed by atoms with Crippen LogP contribution in [0.15, 0.2) is 72.9 Å². The number of anilines is 1.